The normalized spacial score (nSPS) is 19.0. The number of nitrogens with zero attached hydrogens (tertiary/aromatic N) is 3. The van der Waals surface area contributed by atoms with E-state index in [0.717, 1.165) is 11.1 Å². The van der Waals surface area contributed by atoms with Crippen LogP contribution in [0.5, 0.6) is 17.4 Å². The molecule has 5 rings (SSSR count). The van der Waals surface area contributed by atoms with E-state index in [1.165, 1.54) is 0 Å². The molecule has 3 aromatic rings. The summed E-state index contributed by atoms with van der Waals surface area (Å²) in [6, 6.07) is 16.3. The van der Waals surface area contributed by atoms with Gasteiger partial charge in [0.25, 0.3) is 11.8 Å². The Hall–Kier alpha value is -4.37. The predicted molar refractivity (Wildman–Crippen MR) is 150 cm³/mol. The summed E-state index contributed by atoms with van der Waals surface area (Å²) in [4.78, 5) is 34.7. The second-order valence-electron chi connectivity index (χ2n) is 10.2. The van der Waals surface area contributed by atoms with E-state index in [-0.39, 0.29) is 43.6 Å². The van der Waals surface area contributed by atoms with E-state index in [4.69, 9.17) is 14.2 Å². The highest BCUT2D eigenvalue weighted by atomic mass is 16.7. The summed E-state index contributed by atoms with van der Waals surface area (Å²) in [5.41, 5.74) is 2.56. The first-order valence-electron chi connectivity index (χ1n) is 13.3. The van der Waals surface area contributed by atoms with Crippen LogP contribution < -0.4 is 14.2 Å². The fourth-order valence-corrected chi connectivity index (χ4v) is 4.79. The third-order valence-electron chi connectivity index (χ3n) is 7.23. The van der Waals surface area contributed by atoms with Gasteiger partial charge in [0.2, 0.25) is 12.7 Å². The zero-order valence-electron chi connectivity index (χ0n) is 22.8. The maximum atomic E-state index is 13.7. The fraction of sp³-hybridized carbons (Fsp3) is 0.323. The maximum Gasteiger partial charge on any atom is 0.259 e. The van der Waals surface area contributed by atoms with Crippen LogP contribution in [0.3, 0.4) is 0 Å². The Balaban J connectivity index is 1.41. The summed E-state index contributed by atoms with van der Waals surface area (Å²) < 4.78 is 17.1. The number of aliphatic hydroxyl groups excluding tert-OH is 1. The number of pyridine rings is 1. The van der Waals surface area contributed by atoms with Gasteiger partial charge in [0.15, 0.2) is 11.5 Å². The number of benzene rings is 2. The Labute approximate surface area is 233 Å². The van der Waals surface area contributed by atoms with E-state index in [1.807, 2.05) is 56.3 Å². The smallest absolute Gasteiger partial charge is 0.259 e. The molecular formula is C31H33N3O6. The van der Waals surface area contributed by atoms with Gasteiger partial charge >= 0.3 is 0 Å². The number of aliphatic hydroxyl groups is 1. The molecule has 0 saturated heterocycles. The second kappa shape index (κ2) is 11.8. The van der Waals surface area contributed by atoms with Crippen LogP contribution >= 0.6 is 0 Å². The number of hydrogen-bond acceptors (Lipinski definition) is 7. The number of hydrogen-bond donors (Lipinski definition) is 1. The summed E-state index contributed by atoms with van der Waals surface area (Å²) >= 11 is 0. The molecule has 2 amide bonds. The van der Waals surface area contributed by atoms with Gasteiger partial charge in [0.1, 0.15) is 11.7 Å². The van der Waals surface area contributed by atoms with Crippen molar-refractivity contribution in [3.05, 3.63) is 83.0 Å². The topological polar surface area (TPSA) is 101 Å². The number of rotatable bonds is 7. The lowest BCUT2D eigenvalue weighted by molar-refractivity contribution is 0.0313. The molecule has 2 aliphatic heterocycles. The number of aromatic nitrogens is 1. The van der Waals surface area contributed by atoms with Crippen molar-refractivity contribution in [2.45, 2.75) is 26.0 Å². The highest BCUT2D eigenvalue weighted by molar-refractivity contribution is 5.97. The van der Waals surface area contributed by atoms with Gasteiger partial charge in [-0.3, -0.25) is 9.59 Å². The average Bonchev–Trinajstić information content (AvgIpc) is 3.45. The molecule has 0 bridgehead atoms. The van der Waals surface area contributed by atoms with Gasteiger partial charge in [-0.1, -0.05) is 49.4 Å². The molecule has 1 aromatic heterocycles. The van der Waals surface area contributed by atoms with Crippen LogP contribution in [0.25, 0.3) is 12.2 Å². The van der Waals surface area contributed by atoms with Crippen LogP contribution in [0.2, 0.25) is 0 Å². The zero-order valence-corrected chi connectivity index (χ0v) is 22.8. The molecule has 3 heterocycles. The number of carbonyl (C=O) groups is 2. The zero-order chi connectivity index (χ0) is 28.2. The van der Waals surface area contributed by atoms with Gasteiger partial charge in [-0.25, -0.2) is 4.98 Å². The molecule has 9 nitrogen and oxygen atoms in total. The molecule has 208 valence electrons. The van der Waals surface area contributed by atoms with Gasteiger partial charge in [0, 0.05) is 31.3 Å². The molecule has 40 heavy (non-hydrogen) atoms. The standard InChI is InChI=1S/C31H33N3O6/c1-20-16-34(21(2)18-35)31(37)25-13-23(10-9-22-7-5-4-6-8-22)15-32-29(25)40-28(20)17-33(3)30(36)24-11-12-26-27(14-24)39-19-38-26/h4-15,20-21,28,35H,16-19H2,1-3H3/b10-9+/t20-,21+,28-/m0/s1. The summed E-state index contributed by atoms with van der Waals surface area (Å²) in [6.45, 7) is 4.35. The number of fused-ring (bicyclic) bond motifs is 2. The van der Waals surface area contributed by atoms with Crippen molar-refractivity contribution in [1.82, 2.24) is 14.8 Å². The number of carbonyl (C=O) groups excluding carboxylic acids is 2. The van der Waals surface area contributed by atoms with Crippen LogP contribution in [0, 0.1) is 5.92 Å². The van der Waals surface area contributed by atoms with Crippen molar-refractivity contribution in [3.63, 3.8) is 0 Å². The van der Waals surface area contributed by atoms with E-state index >= 15 is 0 Å². The van der Waals surface area contributed by atoms with Crippen molar-refractivity contribution in [3.8, 4) is 17.4 Å². The molecular weight excluding hydrogens is 510 g/mol. The SMILES string of the molecule is C[C@H](CO)N1C[C@H](C)[C@H](CN(C)C(=O)c2ccc3c(c2)OCO3)Oc2ncc(/C=C/c3ccccc3)cc2C1=O. The summed E-state index contributed by atoms with van der Waals surface area (Å²) in [6.07, 6.45) is 5.05. The molecule has 2 aliphatic rings. The largest absolute Gasteiger partial charge is 0.472 e. The summed E-state index contributed by atoms with van der Waals surface area (Å²) in [5.74, 6) is 0.753. The van der Waals surface area contributed by atoms with E-state index in [9.17, 15) is 14.7 Å². The minimum atomic E-state index is -0.457. The van der Waals surface area contributed by atoms with E-state index < -0.39 is 12.1 Å². The summed E-state index contributed by atoms with van der Waals surface area (Å²) in [7, 11) is 1.72. The highest BCUT2D eigenvalue weighted by Crippen LogP contribution is 2.33. The third kappa shape index (κ3) is 5.79. The predicted octanol–water partition coefficient (Wildman–Crippen LogP) is 3.97. The lowest BCUT2D eigenvalue weighted by Gasteiger charge is -2.37. The molecule has 0 fully saturated rings. The van der Waals surface area contributed by atoms with Crippen LogP contribution in [-0.4, -0.2) is 77.4 Å². The summed E-state index contributed by atoms with van der Waals surface area (Å²) in [5, 5.41) is 9.92. The molecule has 9 heteroatoms. The van der Waals surface area contributed by atoms with E-state index in [2.05, 4.69) is 4.98 Å². The van der Waals surface area contributed by atoms with Crippen LogP contribution in [0.15, 0.2) is 60.8 Å². The van der Waals surface area contributed by atoms with Gasteiger partial charge in [-0.2, -0.15) is 0 Å². The van der Waals surface area contributed by atoms with Crippen molar-refractivity contribution < 1.29 is 28.9 Å². The Bertz CT molecular complexity index is 1410. The van der Waals surface area contributed by atoms with Gasteiger partial charge in [-0.15, -0.1) is 0 Å². The third-order valence-corrected chi connectivity index (χ3v) is 7.23. The maximum absolute atomic E-state index is 13.7. The Kier molecular flexibility index (Phi) is 8.02. The first-order valence-corrected chi connectivity index (χ1v) is 13.3. The molecule has 2 aromatic carbocycles. The van der Waals surface area contributed by atoms with Gasteiger partial charge in [-0.05, 0) is 42.3 Å². The highest BCUT2D eigenvalue weighted by Gasteiger charge is 2.35. The monoisotopic (exact) mass is 543 g/mol. The van der Waals surface area contributed by atoms with Crippen LogP contribution in [-0.2, 0) is 0 Å². The molecule has 3 atom stereocenters. The molecule has 0 aliphatic carbocycles. The van der Waals surface area contributed by atoms with Gasteiger partial charge < -0.3 is 29.1 Å². The number of amides is 2. The van der Waals surface area contributed by atoms with Crippen molar-refractivity contribution in [2.75, 3.05) is 33.5 Å². The Morgan fingerprint density at radius 2 is 1.88 bits per heavy atom. The minimum absolute atomic E-state index is 0.133. The quantitative estimate of drug-likeness (QED) is 0.481. The van der Waals surface area contributed by atoms with Crippen molar-refractivity contribution >= 4 is 24.0 Å². The Morgan fingerprint density at radius 3 is 2.65 bits per heavy atom. The fourth-order valence-electron chi connectivity index (χ4n) is 4.79. The molecule has 0 saturated carbocycles. The van der Waals surface area contributed by atoms with E-state index in [1.54, 1.807) is 47.3 Å². The number of ether oxygens (including phenoxy) is 3. The molecule has 1 N–H and O–H groups in total. The lowest BCUT2D eigenvalue weighted by atomic mass is 9.99. The average molecular weight is 544 g/mol. The Morgan fingerprint density at radius 1 is 1.12 bits per heavy atom. The number of likely N-dealkylation sites (N-methyl/N-ethyl adjacent to an activating group) is 1. The second-order valence-corrected chi connectivity index (χ2v) is 10.2. The lowest BCUT2D eigenvalue weighted by Crippen LogP contribution is -2.50. The first-order chi connectivity index (χ1) is 19.3. The van der Waals surface area contributed by atoms with E-state index in [0.29, 0.717) is 29.2 Å². The molecule has 0 radical (unpaired) electrons. The van der Waals surface area contributed by atoms with Crippen molar-refractivity contribution in [1.29, 1.82) is 0 Å². The van der Waals surface area contributed by atoms with Gasteiger partial charge in [0.05, 0.1) is 19.2 Å². The minimum Gasteiger partial charge on any atom is -0.472 e. The molecule has 0 unspecified atom stereocenters. The van der Waals surface area contributed by atoms with Crippen LogP contribution in [0.1, 0.15) is 45.7 Å². The van der Waals surface area contributed by atoms with Crippen molar-refractivity contribution in [2.24, 2.45) is 5.92 Å². The first kappa shape index (κ1) is 27.2. The molecule has 0 spiro atoms. The van der Waals surface area contributed by atoms with Crippen LogP contribution in [0.4, 0.5) is 0 Å².